The van der Waals surface area contributed by atoms with Crippen molar-refractivity contribution in [3.8, 4) is 0 Å². The highest BCUT2D eigenvalue weighted by Gasteiger charge is 2.13. The monoisotopic (exact) mass is 251 g/mol. The molecule has 0 aliphatic rings. The zero-order chi connectivity index (χ0) is 11.5. The molecular weight excluding hydrogens is 238 g/mol. The van der Waals surface area contributed by atoms with Gasteiger partial charge in [0.15, 0.2) is 0 Å². The molecule has 1 N–H and O–H groups in total. The molecule has 16 heavy (non-hydrogen) atoms. The maximum atomic E-state index is 6.01. The zero-order valence-corrected chi connectivity index (χ0v) is 10.9. The van der Waals surface area contributed by atoms with Crippen LogP contribution in [-0.4, -0.2) is 7.05 Å². The van der Waals surface area contributed by atoms with E-state index in [-0.39, 0.29) is 6.04 Å². The van der Waals surface area contributed by atoms with Crippen LogP contribution in [0.4, 0.5) is 0 Å². The van der Waals surface area contributed by atoms with E-state index >= 15 is 0 Å². The molecule has 0 aliphatic carbocycles. The molecule has 0 spiro atoms. The molecule has 2 rings (SSSR count). The lowest BCUT2D eigenvalue weighted by atomic mass is 10.0. The van der Waals surface area contributed by atoms with E-state index < -0.39 is 0 Å². The number of hydrogen-bond donors (Lipinski definition) is 1. The van der Waals surface area contributed by atoms with Gasteiger partial charge in [0.25, 0.3) is 0 Å². The van der Waals surface area contributed by atoms with Crippen LogP contribution in [0.5, 0.6) is 0 Å². The van der Waals surface area contributed by atoms with Crippen LogP contribution < -0.4 is 5.32 Å². The lowest BCUT2D eigenvalue weighted by Gasteiger charge is -2.15. The van der Waals surface area contributed by atoms with Gasteiger partial charge in [-0.3, -0.25) is 0 Å². The minimum absolute atomic E-state index is 0.226. The Kier molecular flexibility index (Phi) is 3.64. The highest BCUT2D eigenvalue weighted by molar-refractivity contribution is 7.10. The Morgan fingerprint density at radius 2 is 2.06 bits per heavy atom. The highest BCUT2D eigenvalue weighted by atomic mass is 35.5. The summed E-state index contributed by atoms with van der Waals surface area (Å²) in [5.74, 6) is 0. The summed E-state index contributed by atoms with van der Waals surface area (Å²) in [4.78, 5) is 1.33. The summed E-state index contributed by atoms with van der Waals surface area (Å²) in [6.45, 7) is 2.12. The maximum absolute atomic E-state index is 6.01. The topological polar surface area (TPSA) is 12.0 Å². The van der Waals surface area contributed by atoms with E-state index in [1.807, 2.05) is 25.2 Å². The molecule has 0 aliphatic heterocycles. The molecule has 84 valence electrons. The molecule has 1 atom stereocenters. The molecular formula is C13H14ClNS. The number of aryl methyl sites for hydroxylation is 1. The third-order valence-corrected chi connectivity index (χ3v) is 3.67. The second-order valence-electron chi connectivity index (χ2n) is 3.77. The van der Waals surface area contributed by atoms with Crippen molar-refractivity contribution < 1.29 is 0 Å². The smallest absolute Gasteiger partial charge is 0.0583 e. The van der Waals surface area contributed by atoms with Crippen LogP contribution in [0.1, 0.15) is 22.0 Å². The van der Waals surface area contributed by atoms with Crippen LogP contribution in [0.2, 0.25) is 5.02 Å². The molecule has 0 saturated heterocycles. The summed E-state index contributed by atoms with van der Waals surface area (Å²) in [5.41, 5.74) is 2.50. The van der Waals surface area contributed by atoms with Gasteiger partial charge in [-0.15, -0.1) is 11.3 Å². The van der Waals surface area contributed by atoms with Gasteiger partial charge in [-0.2, -0.15) is 0 Å². The van der Waals surface area contributed by atoms with E-state index in [1.165, 1.54) is 16.0 Å². The van der Waals surface area contributed by atoms with Crippen LogP contribution in [0.15, 0.2) is 35.7 Å². The van der Waals surface area contributed by atoms with E-state index in [0.717, 1.165) is 5.02 Å². The molecule has 1 aromatic heterocycles. The lowest BCUT2D eigenvalue weighted by molar-refractivity contribution is 0.694. The Hall–Kier alpha value is -0.830. The van der Waals surface area contributed by atoms with Gasteiger partial charge >= 0.3 is 0 Å². The van der Waals surface area contributed by atoms with Crippen LogP contribution in [-0.2, 0) is 0 Å². The molecule has 0 radical (unpaired) electrons. The van der Waals surface area contributed by atoms with Crippen molar-refractivity contribution >= 4 is 22.9 Å². The Bertz CT molecular complexity index is 478. The third-order valence-electron chi connectivity index (χ3n) is 2.55. The molecule has 1 heterocycles. The average molecular weight is 252 g/mol. The van der Waals surface area contributed by atoms with Crippen molar-refractivity contribution in [1.82, 2.24) is 5.32 Å². The first kappa shape index (κ1) is 11.6. The predicted octanol–water partition coefficient (Wildman–Crippen LogP) is 4.02. The first-order chi connectivity index (χ1) is 7.70. The third kappa shape index (κ3) is 2.46. The number of halogens is 1. The van der Waals surface area contributed by atoms with Crippen LogP contribution in [0, 0.1) is 6.92 Å². The van der Waals surface area contributed by atoms with Crippen molar-refractivity contribution in [3.63, 3.8) is 0 Å². The normalized spacial score (nSPS) is 12.7. The summed E-state index contributed by atoms with van der Waals surface area (Å²) < 4.78 is 0. The quantitative estimate of drug-likeness (QED) is 0.869. The number of thiophene rings is 1. The SMILES string of the molecule is CNC(c1cccc(Cl)c1)c1csc(C)c1. The number of nitrogens with one attached hydrogen (secondary N) is 1. The second kappa shape index (κ2) is 5.00. The minimum Gasteiger partial charge on any atom is -0.309 e. The van der Waals surface area contributed by atoms with E-state index in [1.54, 1.807) is 11.3 Å². The van der Waals surface area contributed by atoms with E-state index in [2.05, 4.69) is 29.8 Å². The van der Waals surface area contributed by atoms with Crippen LogP contribution in [0.3, 0.4) is 0 Å². The lowest BCUT2D eigenvalue weighted by Crippen LogP contribution is -2.16. The van der Waals surface area contributed by atoms with Gasteiger partial charge in [0, 0.05) is 9.90 Å². The van der Waals surface area contributed by atoms with Gasteiger partial charge in [0.05, 0.1) is 6.04 Å². The van der Waals surface area contributed by atoms with Crippen molar-refractivity contribution in [1.29, 1.82) is 0 Å². The first-order valence-corrected chi connectivity index (χ1v) is 6.44. The van der Waals surface area contributed by atoms with Crippen molar-refractivity contribution in [2.24, 2.45) is 0 Å². The summed E-state index contributed by atoms with van der Waals surface area (Å²) in [6.07, 6.45) is 0. The summed E-state index contributed by atoms with van der Waals surface area (Å²) >= 11 is 7.79. The molecule has 0 amide bonds. The summed E-state index contributed by atoms with van der Waals surface area (Å²) in [5, 5.41) is 6.30. The van der Waals surface area contributed by atoms with E-state index in [9.17, 15) is 0 Å². The number of rotatable bonds is 3. The molecule has 3 heteroatoms. The van der Waals surface area contributed by atoms with Crippen molar-refractivity contribution in [2.75, 3.05) is 7.05 Å². The van der Waals surface area contributed by atoms with Crippen LogP contribution in [0.25, 0.3) is 0 Å². The maximum Gasteiger partial charge on any atom is 0.0583 e. The Labute approximate surface area is 105 Å². The summed E-state index contributed by atoms with van der Waals surface area (Å²) in [6, 6.07) is 10.4. The standard InChI is InChI=1S/C13H14ClNS/c1-9-6-11(8-16-9)13(15-2)10-4-3-5-12(14)7-10/h3-8,13,15H,1-2H3. The Morgan fingerprint density at radius 1 is 1.25 bits per heavy atom. The van der Waals surface area contributed by atoms with Gasteiger partial charge in [0.1, 0.15) is 0 Å². The summed E-state index contributed by atoms with van der Waals surface area (Å²) in [7, 11) is 1.97. The van der Waals surface area contributed by atoms with E-state index in [0.29, 0.717) is 0 Å². The zero-order valence-electron chi connectivity index (χ0n) is 9.33. The fourth-order valence-corrected chi connectivity index (χ4v) is 2.76. The highest BCUT2D eigenvalue weighted by Crippen LogP contribution is 2.27. The van der Waals surface area contributed by atoms with Gasteiger partial charge in [-0.05, 0) is 48.7 Å². The molecule has 2 aromatic rings. The Morgan fingerprint density at radius 3 is 2.62 bits per heavy atom. The van der Waals surface area contributed by atoms with Gasteiger partial charge in [-0.25, -0.2) is 0 Å². The van der Waals surface area contributed by atoms with Crippen LogP contribution >= 0.6 is 22.9 Å². The predicted molar refractivity (Wildman–Crippen MR) is 71.4 cm³/mol. The molecule has 0 fully saturated rings. The fraction of sp³-hybridized carbons (Fsp3) is 0.231. The Balaban J connectivity index is 2.36. The van der Waals surface area contributed by atoms with Crippen molar-refractivity contribution in [3.05, 3.63) is 56.7 Å². The molecule has 1 nitrogen and oxygen atoms in total. The van der Waals surface area contributed by atoms with Gasteiger partial charge in [-0.1, -0.05) is 23.7 Å². The number of hydrogen-bond acceptors (Lipinski definition) is 2. The molecule has 1 unspecified atom stereocenters. The first-order valence-electron chi connectivity index (χ1n) is 5.18. The molecule has 0 bridgehead atoms. The van der Waals surface area contributed by atoms with Crippen molar-refractivity contribution in [2.45, 2.75) is 13.0 Å². The fourth-order valence-electron chi connectivity index (χ4n) is 1.83. The second-order valence-corrected chi connectivity index (χ2v) is 5.32. The van der Waals surface area contributed by atoms with Gasteiger partial charge < -0.3 is 5.32 Å². The number of benzene rings is 1. The van der Waals surface area contributed by atoms with Gasteiger partial charge in [0.2, 0.25) is 0 Å². The average Bonchev–Trinajstić information content (AvgIpc) is 2.66. The van der Waals surface area contributed by atoms with E-state index in [4.69, 9.17) is 11.6 Å². The minimum atomic E-state index is 0.226. The molecule has 0 saturated carbocycles. The molecule has 1 aromatic carbocycles. The largest absolute Gasteiger partial charge is 0.309 e.